The molecular formula is C20H25ClN2O2. The van der Waals surface area contributed by atoms with E-state index in [1.54, 1.807) is 32.3 Å². The molecule has 4 nitrogen and oxygen atoms in total. The molecule has 2 aromatic carbocycles. The van der Waals surface area contributed by atoms with Crippen LogP contribution in [0.5, 0.6) is 5.75 Å². The maximum Gasteiger partial charge on any atom is 0.321 e. The number of anilines is 1. The normalized spacial score (nSPS) is 10.4. The Morgan fingerprint density at radius 1 is 1.08 bits per heavy atom. The van der Waals surface area contributed by atoms with Gasteiger partial charge in [-0.15, -0.1) is 0 Å². The molecule has 1 N–H and O–H groups in total. The number of benzene rings is 2. The second-order valence-corrected chi connectivity index (χ2v) is 6.52. The molecule has 0 aliphatic carbocycles. The van der Waals surface area contributed by atoms with Gasteiger partial charge in [0.25, 0.3) is 0 Å². The Bertz CT molecular complexity index is 675. The second kappa shape index (κ2) is 9.94. The van der Waals surface area contributed by atoms with Gasteiger partial charge < -0.3 is 15.0 Å². The zero-order chi connectivity index (χ0) is 18.1. The summed E-state index contributed by atoms with van der Waals surface area (Å²) < 4.78 is 5.74. The van der Waals surface area contributed by atoms with E-state index in [1.807, 2.05) is 6.07 Å². The number of carbonyl (C=O) groups excluding carboxylic acids is 1. The number of hydrogen-bond donors (Lipinski definition) is 1. The molecule has 5 heteroatoms. The van der Waals surface area contributed by atoms with E-state index in [4.69, 9.17) is 16.3 Å². The van der Waals surface area contributed by atoms with Crippen molar-refractivity contribution in [1.82, 2.24) is 4.90 Å². The van der Waals surface area contributed by atoms with Crippen LogP contribution in [0.25, 0.3) is 0 Å². The van der Waals surface area contributed by atoms with E-state index >= 15 is 0 Å². The van der Waals surface area contributed by atoms with Gasteiger partial charge in [-0.25, -0.2) is 4.79 Å². The van der Waals surface area contributed by atoms with Crippen LogP contribution >= 0.6 is 11.6 Å². The van der Waals surface area contributed by atoms with Crippen LogP contribution in [-0.2, 0) is 6.42 Å². The van der Waals surface area contributed by atoms with Crippen LogP contribution < -0.4 is 10.1 Å². The van der Waals surface area contributed by atoms with Crippen LogP contribution in [0.4, 0.5) is 10.5 Å². The summed E-state index contributed by atoms with van der Waals surface area (Å²) in [6, 6.07) is 15.6. The molecule has 0 radical (unpaired) electrons. The summed E-state index contributed by atoms with van der Waals surface area (Å²) in [5.41, 5.74) is 2.03. The van der Waals surface area contributed by atoms with Gasteiger partial charge in [0.2, 0.25) is 0 Å². The Kier molecular flexibility index (Phi) is 7.61. The fourth-order valence-electron chi connectivity index (χ4n) is 2.37. The van der Waals surface area contributed by atoms with Crippen LogP contribution in [0.1, 0.15) is 24.8 Å². The van der Waals surface area contributed by atoms with Crippen molar-refractivity contribution >= 4 is 23.3 Å². The molecule has 25 heavy (non-hydrogen) atoms. The Balaban J connectivity index is 1.69. The predicted octanol–water partition coefficient (Wildman–Crippen LogP) is 5.23. The average molecular weight is 361 g/mol. The van der Waals surface area contributed by atoms with E-state index in [2.05, 4.69) is 29.6 Å². The van der Waals surface area contributed by atoms with Gasteiger partial charge in [0, 0.05) is 19.8 Å². The van der Waals surface area contributed by atoms with Gasteiger partial charge in [-0.2, -0.15) is 0 Å². The average Bonchev–Trinajstić information content (AvgIpc) is 2.60. The topological polar surface area (TPSA) is 41.6 Å². The number of unbranched alkanes of at least 4 members (excludes halogenated alkanes) is 2. The minimum absolute atomic E-state index is 0.192. The maximum absolute atomic E-state index is 11.6. The summed E-state index contributed by atoms with van der Waals surface area (Å²) in [5, 5.41) is 3.26. The first-order valence-corrected chi connectivity index (χ1v) is 8.88. The van der Waals surface area contributed by atoms with E-state index in [0.29, 0.717) is 23.1 Å². The third-order valence-electron chi connectivity index (χ3n) is 3.80. The molecule has 0 spiro atoms. The molecule has 0 atom stereocenters. The molecule has 0 unspecified atom stereocenters. The van der Waals surface area contributed by atoms with Gasteiger partial charge >= 0.3 is 6.03 Å². The number of rotatable bonds is 8. The number of hydrogen-bond acceptors (Lipinski definition) is 2. The number of urea groups is 1. The van der Waals surface area contributed by atoms with Gasteiger partial charge in [0.1, 0.15) is 5.75 Å². The lowest BCUT2D eigenvalue weighted by Crippen LogP contribution is -2.27. The summed E-state index contributed by atoms with van der Waals surface area (Å²) in [6.07, 6.45) is 4.35. The lowest BCUT2D eigenvalue weighted by molar-refractivity contribution is 0.230. The zero-order valence-corrected chi connectivity index (χ0v) is 15.6. The minimum atomic E-state index is -0.192. The lowest BCUT2D eigenvalue weighted by Gasteiger charge is -2.13. The Hall–Kier alpha value is -2.20. The number of nitrogens with zero attached hydrogens (tertiary/aromatic N) is 1. The van der Waals surface area contributed by atoms with Crippen LogP contribution in [0, 0.1) is 0 Å². The van der Waals surface area contributed by atoms with Crippen LogP contribution in [0.2, 0.25) is 5.02 Å². The summed E-state index contributed by atoms with van der Waals surface area (Å²) in [5.74, 6) is 0.646. The van der Waals surface area contributed by atoms with E-state index in [1.165, 1.54) is 10.5 Å². The Morgan fingerprint density at radius 2 is 1.84 bits per heavy atom. The fourth-order valence-corrected chi connectivity index (χ4v) is 2.60. The molecule has 0 aliphatic heterocycles. The van der Waals surface area contributed by atoms with E-state index in [9.17, 15) is 4.79 Å². The van der Waals surface area contributed by atoms with Gasteiger partial charge in [-0.3, -0.25) is 0 Å². The standard InChI is InChI=1S/C20H25ClN2O2/c1-23(2)20(24)22-17-12-13-19(18(21)15-17)25-14-8-4-7-11-16-9-5-3-6-10-16/h3,5-6,9-10,12-13,15H,4,7-8,11,14H2,1-2H3,(H,22,24). The van der Waals surface area contributed by atoms with Crippen LogP contribution in [0.3, 0.4) is 0 Å². The molecule has 0 heterocycles. The van der Waals surface area contributed by atoms with Crippen molar-refractivity contribution in [1.29, 1.82) is 0 Å². The highest BCUT2D eigenvalue weighted by atomic mass is 35.5. The highest BCUT2D eigenvalue weighted by Gasteiger charge is 2.07. The molecule has 2 aromatic rings. The molecule has 0 saturated carbocycles. The lowest BCUT2D eigenvalue weighted by atomic mass is 10.1. The number of halogens is 1. The molecule has 0 aliphatic rings. The van der Waals surface area contributed by atoms with E-state index < -0.39 is 0 Å². The van der Waals surface area contributed by atoms with Crippen molar-refractivity contribution in [2.24, 2.45) is 0 Å². The van der Waals surface area contributed by atoms with Crippen LogP contribution in [-0.4, -0.2) is 31.6 Å². The molecule has 2 rings (SSSR count). The number of aryl methyl sites for hydroxylation is 1. The smallest absolute Gasteiger partial charge is 0.321 e. The fraction of sp³-hybridized carbons (Fsp3) is 0.350. The van der Waals surface area contributed by atoms with Gasteiger partial charge in [0.15, 0.2) is 0 Å². The van der Waals surface area contributed by atoms with Crippen molar-refractivity contribution in [2.75, 3.05) is 26.0 Å². The molecule has 134 valence electrons. The maximum atomic E-state index is 11.6. The summed E-state index contributed by atoms with van der Waals surface area (Å²) in [7, 11) is 3.37. The molecule has 0 saturated heterocycles. The largest absolute Gasteiger partial charge is 0.492 e. The van der Waals surface area contributed by atoms with E-state index in [-0.39, 0.29) is 6.03 Å². The number of ether oxygens (including phenoxy) is 1. The molecule has 0 fully saturated rings. The number of nitrogens with one attached hydrogen (secondary N) is 1. The monoisotopic (exact) mass is 360 g/mol. The Labute approximate surface area is 154 Å². The van der Waals surface area contributed by atoms with Crippen molar-refractivity contribution in [3.05, 3.63) is 59.1 Å². The van der Waals surface area contributed by atoms with Crippen molar-refractivity contribution in [3.8, 4) is 5.75 Å². The van der Waals surface area contributed by atoms with Gasteiger partial charge in [0.05, 0.1) is 11.6 Å². The van der Waals surface area contributed by atoms with Crippen molar-refractivity contribution in [2.45, 2.75) is 25.7 Å². The third kappa shape index (κ3) is 6.67. The zero-order valence-electron chi connectivity index (χ0n) is 14.8. The van der Waals surface area contributed by atoms with E-state index in [0.717, 1.165) is 25.7 Å². The second-order valence-electron chi connectivity index (χ2n) is 6.11. The van der Waals surface area contributed by atoms with Crippen molar-refractivity contribution in [3.63, 3.8) is 0 Å². The van der Waals surface area contributed by atoms with Crippen molar-refractivity contribution < 1.29 is 9.53 Å². The van der Waals surface area contributed by atoms with Gasteiger partial charge in [-0.1, -0.05) is 41.9 Å². The van der Waals surface area contributed by atoms with Gasteiger partial charge in [-0.05, 0) is 49.4 Å². The summed E-state index contributed by atoms with van der Waals surface area (Å²) >= 11 is 6.22. The third-order valence-corrected chi connectivity index (χ3v) is 4.09. The summed E-state index contributed by atoms with van der Waals surface area (Å²) in [6.45, 7) is 0.637. The predicted molar refractivity (Wildman–Crippen MR) is 104 cm³/mol. The first-order valence-electron chi connectivity index (χ1n) is 8.51. The summed E-state index contributed by atoms with van der Waals surface area (Å²) in [4.78, 5) is 13.1. The molecular weight excluding hydrogens is 336 g/mol. The highest BCUT2D eigenvalue weighted by molar-refractivity contribution is 6.32. The number of amides is 2. The first-order chi connectivity index (χ1) is 12.1. The number of carbonyl (C=O) groups is 1. The molecule has 0 bridgehead atoms. The quantitative estimate of drug-likeness (QED) is 0.655. The highest BCUT2D eigenvalue weighted by Crippen LogP contribution is 2.28. The van der Waals surface area contributed by atoms with Crippen LogP contribution in [0.15, 0.2) is 48.5 Å². The SMILES string of the molecule is CN(C)C(=O)Nc1ccc(OCCCCCc2ccccc2)c(Cl)c1. The molecule has 2 amide bonds. The first kappa shape index (κ1) is 19.1. The minimum Gasteiger partial charge on any atom is -0.492 e. The Morgan fingerprint density at radius 3 is 2.52 bits per heavy atom. The molecule has 0 aromatic heterocycles.